The van der Waals surface area contributed by atoms with E-state index in [9.17, 15) is 9.18 Å². The van der Waals surface area contributed by atoms with Gasteiger partial charge >= 0.3 is 0 Å². The van der Waals surface area contributed by atoms with Crippen LogP contribution >= 0.6 is 27.5 Å². The van der Waals surface area contributed by atoms with Crippen molar-refractivity contribution in [3.63, 3.8) is 0 Å². The van der Waals surface area contributed by atoms with E-state index in [4.69, 9.17) is 26.3 Å². The van der Waals surface area contributed by atoms with Gasteiger partial charge in [0.25, 0.3) is 5.91 Å². The molecule has 2 aromatic carbocycles. The first-order chi connectivity index (χ1) is 11.9. The van der Waals surface area contributed by atoms with Gasteiger partial charge in [0.15, 0.2) is 18.1 Å². The maximum atomic E-state index is 13.1. The number of halogens is 3. The van der Waals surface area contributed by atoms with Crippen LogP contribution in [0.15, 0.2) is 34.8 Å². The quantitative estimate of drug-likeness (QED) is 0.735. The minimum atomic E-state index is -0.571. The second-order valence-electron chi connectivity index (χ2n) is 4.80. The van der Waals surface area contributed by atoms with Gasteiger partial charge in [-0.3, -0.25) is 4.79 Å². The molecule has 0 bridgehead atoms. The van der Waals surface area contributed by atoms with Gasteiger partial charge in [0.05, 0.1) is 27.7 Å². The van der Waals surface area contributed by atoms with Crippen LogP contribution in [0.4, 0.5) is 10.1 Å². The molecule has 0 aliphatic heterocycles. The first-order valence-corrected chi connectivity index (χ1v) is 8.35. The van der Waals surface area contributed by atoms with Gasteiger partial charge in [-0.25, -0.2) is 4.39 Å². The number of ether oxygens (including phenoxy) is 2. The molecule has 0 aromatic heterocycles. The third-order valence-corrected chi connectivity index (χ3v) is 3.87. The van der Waals surface area contributed by atoms with Crippen molar-refractivity contribution in [2.24, 2.45) is 0 Å². The van der Waals surface area contributed by atoms with Crippen LogP contribution in [0.3, 0.4) is 0 Å². The average molecular weight is 428 g/mol. The van der Waals surface area contributed by atoms with Gasteiger partial charge in [0, 0.05) is 11.8 Å². The van der Waals surface area contributed by atoms with Crippen molar-refractivity contribution in [2.75, 3.05) is 18.5 Å². The Morgan fingerprint density at radius 2 is 2.12 bits per heavy atom. The molecule has 0 heterocycles. The van der Waals surface area contributed by atoms with Crippen LogP contribution in [0.5, 0.6) is 11.5 Å². The van der Waals surface area contributed by atoms with E-state index < -0.39 is 11.7 Å². The molecule has 2 aromatic rings. The largest absolute Gasteiger partial charge is 0.490 e. The summed E-state index contributed by atoms with van der Waals surface area (Å²) in [4.78, 5) is 12.0. The fraction of sp³-hybridized carbons (Fsp3) is 0.176. The normalized spacial score (nSPS) is 10.0. The van der Waals surface area contributed by atoms with E-state index in [1.165, 1.54) is 18.2 Å². The molecule has 1 N–H and O–H groups in total. The smallest absolute Gasteiger partial charge is 0.262 e. The fourth-order valence-corrected chi connectivity index (χ4v) is 2.68. The van der Waals surface area contributed by atoms with Crippen molar-refractivity contribution in [1.82, 2.24) is 0 Å². The molecule has 5 nitrogen and oxygen atoms in total. The summed E-state index contributed by atoms with van der Waals surface area (Å²) in [5, 5.41) is 11.5. The molecule has 0 spiro atoms. The zero-order chi connectivity index (χ0) is 18.4. The third kappa shape index (κ3) is 5.08. The number of carbonyl (C=O) groups excluding carboxylic acids is 1. The van der Waals surface area contributed by atoms with E-state index in [1.807, 2.05) is 6.07 Å². The van der Waals surface area contributed by atoms with Gasteiger partial charge in [-0.05, 0) is 47.1 Å². The maximum absolute atomic E-state index is 13.1. The summed E-state index contributed by atoms with van der Waals surface area (Å²) in [7, 11) is 0. The summed E-state index contributed by atoms with van der Waals surface area (Å²) < 4.78 is 24.6. The molecule has 0 aliphatic rings. The number of carbonyl (C=O) groups is 1. The maximum Gasteiger partial charge on any atom is 0.262 e. The highest BCUT2D eigenvalue weighted by Gasteiger charge is 2.14. The van der Waals surface area contributed by atoms with Crippen molar-refractivity contribution >= 4 is 39.1 Å². The third-order valence-electron chi connectivity index (χ3n) is 2.99. The number of nitriles is 1. The van der Waals surface area contributed by atoms with Crippen molar-refractivity contribution in [1.29, 1.82) is 5.26 Å². The number of benzene rings is 2. The molecule has 0 fully saturated rings. The molecule has 8 heteroatoms. The lowest BCUT2D eigenvalue weighted by atomic mass is 10.2. The van der Waals surface area contributed by atoms with Crippen molar-refractivity contribution in [2.45, 2.75) is 6.92 Å². The number of rotatable bonds is 6. The van der Waals surface area contributed by atoms with Gasteiger partial charge in [0.1, 0.15) is 5.82 Å². The predicted molar refractivity (Wildman–Crippen MR) is 95.6 cm³/mol. The lowest BCUT2D eigenvalue weighted by molar-refractivity contribution is -0.118. The van der Waals surface area contributed by atoms with E-state index in [1.54, 1.807) is 13.0 Å². The molecule has 130 valence electrons. The van der Waals surface area contributed by atoms with Crippen LogP contribution in [-0.4, -0.2) is 19.1 Å². The van der Waals surface area contributed by atoms with Gasteiger partial charge in [0.2, 0.25) is 0 Å². The second-order valence-corrected chi connectivity index (χ2v) is 6.06. The highest BCUT2D eigenvalue weighted by Crippen LogP contribution is 2.36. The summed E-state index contributed by atoms with van der Waals surface area (Å²) in [6.07, 6.45) is 0. The zero-order valence-corrected chi connectivity index (χ0v) is 15.4. The van der Waals surface area contributed by atoms with Gasteiger partial charge in [-0.2, -0.15) is 5.26 Å². The molecule has 0 unspecified atom stereocenters. The average Bonchev–Trinajstić information content (AvgIpc) is 2.57. The molecule has 0 saturated carbocycles. The first-order valence-electron chi connectivity index (χ1n) is 7.18. The van der Waals surface area contributed by atoms with Crippen molar-refractivity contribution in [3.05, 3.63) is 51.2 Å². The summed E-state index contributed by atoms with van der Waals surface area (Å²) in [5.74, 6) is -0.362. The van der Waals surface area contributed by atoms with Crippen LogP contribution < -0.4 is 14.8 Å². The predicted octanol–water partition coefficient (Wildman–Crippen LogP) is 4.53. The van der Waals surface area contributed by atoms with E-state index in [2.05, 4.69) is 21.2 Å². The first kappa shape index (κ1) is 19.0. The van der Waals surface area contributed by atoms with Crippen LogP contribution in [0.25, 0.3) is 0 Å². The number of anilines is 1. The Hall–Kier alpha value is -2.30. The zero-order valence-electron chi connectivity index (χ0n) is 13.1. The number of nitrogens with one attached hydrogen (secondary N) is 1. The molecule has 25 heavy (non-hydrogen) atoms. The lowest BCUT2D eigenvalue weighted by Crippen LogP contribution is -2.20. The number of amides is 1. The van der Waals surface area contributed by atoms with Crippen LogP contribution in [0.1, 0.15) is 12.5 Å². The van der Waals surface area contributed by atoms with E-state index in [-0.39, 0.29) is 11.6 Å². The highest BCUT2D eigenvalue weighted by molar-refractivity contribution is 9.10. The molecule has 0 saturated heterocycles. The number of hydrogen-bond donors (Lipinski definition) is 1. The van der Waals surface area contributed by atoms with Gasteiger partial charge in [-0.15, -0.1) is 0 Å². The Balaban J connectivity index is 2.08. The van der Waals surface area contributed by atoms with Crippen molar-refractivity contribution in [3.8, 4) is 17.6 Å². The minimum absolute atomic E-state index is 0.0906. The van der Waals surface area contributed by atoms with Crippen LogP contribution in [0.2, 0.25) is 5.02 Å². The highest BCUT2D eigenvalue weighted by atomic mass is 79.9. The Kier molecular flexibility index (Phi) is 6.62. The molecular formula is C17H13BrClFN2O3. The Morgan fingerprint density at radius 3 is 2.76 bits per heavy atom. The van der Waals surface area contributed by atoms with Gasteiger partial charge < -0.3 is 14.8 Å². The Bertz CT molecular complexity index is 839. The summed E-state index contributed by atoms with van der Waals surface area (Å²) in [5.41, 5.74) is 0.747. The summed E-state index contributed by atoms with van der Waals surface area (Å²) >= 11 is 8.96. The van der Waals surface area contributed by atoms with Crippen molar-refractivity contribution < 1.29 is 18.7 Å². The number of hydrogen-bond acceptors (Lipinski definition) is 4. The van der Waals surface area contributed by atoms with E-state index in [0.717, 1.165) is 6.07 Å². The monoisotopic (exact) mass is 426 g/mol. The molecule has 0 radical (unpaired) electrons. The lowest BCUT2D eigenvalue weighted by Gasteiger charge is -2.14. The van der Waals surface area contributed by atoms with Gasteiger partial charge in [-0.1, -0.05) is 11.6 Å². The summed E-state index contributed by atoms with van der Waals surface area (Å²) in [6.45, 7) is 1.86. The van der Waals surface area contributed by atoms with E-state index in [0.29, 0.717) is 33.8 Å². The van der Waals surface area contributed by atoms with Crippen LogP contribution in [-0.2, 0) is 4.79 Å². The number of nitrogens with zero attached hydrogens (tertiary/aromatic N) is 1. The molecule has 0 atom stereocenters. The SMILES string of the molecule is CCOc1cc(C#N)cc(Br)c1OCC(=O)Nc1ccc(F)c(Cl)c1. The Labute approximate surface area is 157 Å². The molecule has 2 rings (SSSR count). The molecule has 0 aliphatic carbocycles. The van der Waals surface area contributed by atoms with Crippen LogP contribution in [0, 0.1) is 17.1 Å². The second kappa shape index (κ2) is 8.70. The topological polar surface area (TPSA) is 71.3 Å². The Morgan fingerprint density at radius 1 is 1.36 bits per heavy atom. The molecular weight excluding hydrogens is 415 g/mol. The summed E-state index contributed by atoms with van der Waals surface area (Å²) in [6, 6.07) is 8.96. The fourth-order valence-electron chi connectivity index (χ4n) is 1.94. The molecule has 1 amide bonds. The standard InChI is InChI=1S/C17H13BrClFN2O3/c1-2-24-15-6-10(8-21)5-12(18)17(15)25-9-16(23)22-11-3-4-14(20)13(19)7-11/h3-7H,2,9H2,1H3,(H,22,23). The minimum Gasteiger partial charge on any atom is -0.490 e. The van der Waals surface area contributed by atoms with E-state index >= 15 is 0 Å².